The zero-order valence-electron chi connectivity index (χ0n) is 19.2. The van der Waals surface area contributed by atoms with Crippen LogP contribution < -0.4 is 5.32 Å². The first-order valence-corrected chi connectivity index (χ1v) is 11.0. The summed E-state index contributed by atoms with van der Waals surface area (Å²) in [5, 5.41) is 2.79. The van der Waals surface area contributed by atoms with Gasteiger partial charge in [0, 0.05) is 35.6 Å². The van der Waals surface area contributed by atoms with Crippen LogP contribution in [-0.4, -0.2) is 20.9 Å². The van der Waals surface area contributed by atoms with Gasteiger partial charge in [-0.05, 0) is 65.6 Å². The number of rotatable bonds is 6. The number of hydrogen-bond acceptors (Lipinski definition) is 4. The van der Waals surface area contributed by atoms with E-state index in [2.05, 4.69) is 20.3 Å². The van der Waals surface area contributed by atoms with Crippen LogP contribution >= 0.6 is 0 Å². The molecule has 35 heavy (non-hydrogen) atoms. The molecule has 1 amide bonds. The van der Waals surface area contributed by atoms with Gasteiger partial charge in [-0.2, -0.15) is 13.2 Å². The quantitative estimate of drug-likeness (QED) is 0.344. The molecule has 0 saturated heterocycles. The molecular weight excluding hydrogens is 453 g/mol. The molecule has 0 unspecified atom stereocenters. The number of aromatic nitrogens is 3. The van der Waals surface area contributed by atoms with E-state index in [4.69, 9.17) is 0 Å². The highest BCUT2D eigenvalue weighted by Gasteiger charge is 2.34. The third kappa shape index (κ3) is 5.71. The van der Waals surface area contributed by atoms with Gasteiger partial charge in [0.2, 0.25) is 0 Å². The molecule has 1 N–H and O–H groups in total. The SMILES string of the molecule is CC(C)c1cccc(NC(=O)c2ccc(C(F)(F)F)c(Cc3ncccc3-c3ccncn3)c2)c1. The first-order valence-electron chi connectivity index (χ1n) is 11.0. The van der Waals surface area contributed by atoms with Crippen LogP contribution in [0.1, 0.15) is 52.5 Å². The van der Waals surface area contributed by atoms with Gasteiger partial charge in [0.1, 0.15) is 6.33 Å². The van der Waals surface area contributed by atoms with Crippen molar-refractivity contribution in [3.05, 3.63) is 107 Å². The van der Waals surface area contributed by atoms with Crippen molar-refractivity contribution in [2.24, 2.45) is 0 Å². The number of carbonyl (C=O) groups excluding carboxylic acids is 1. The van der Waals surface area contributed by atoms with Crippen LogP contribution in [0.2, 0.25) is 0 Å². The van der Waals surface area contributed by atoms with Crippen LogP contribution in [-0.2, 0) is 12.6 Å². The molecule has 0 aliphatic carbocycles. The largest absolute Gasteiger partial charge is 0.416 e. The summed E-state index contributed by atoms with van der Waals surface area (Å²) in [5.74, 6) is -0.218. The van der Waals surface area contributed by atoms with Crippen molar-refractivity contribution in [1.82, 2.24) is 15.0 Å². The maximum absolute atomic E-state index is 13.8. The predicted octanol–water partition coefficient (Wildman–Crippen LogP) is 6.52. The molecule has 5 nitrogen and oxygen atoms in total. The zero-order valence-corrected chi connectivity index (χ0v) is 19.2. The van der Waals surface area contributed by atoms with E-state index in [0.29, 0.717) is 22.6 Å². The van der Waals surface area contributed by atoms with E-state index < -0.39 is 17.6 Å². The van der Waals surface area contributed by atoms with Crippen molar-refractivity contribution in [2.45, 2.75) is 32.4 Å². The zero-order chi connectivity index (χ0) is 25.0. The van der Waals surface area contributed by atoms with E-state index >= 15 is 0 Å². The van der Waals surface area contributed by atoms with Gasteiger partial charge < -0.3 is 5.32 Å². The summed E-state index contributed by atoms with van der Waals surface area (Å²) in [6.07, 6.45) is -0.268. The van der Waals surface area contributed by atoms with Gasteiger partial charge in [0.15, 0.2) is 0 Å². The Kier molecular flexibility index (Phi) is 6.91. The molecule has 0 spiro atoms. The molecule has 2 heterocycles. The predicted molar refractivity (Wildman–Crippen MR) is 128 cm³/mol. The third-order valence-electron chi connectivity index (χ3n) is 5.59. The number of nitrogens with one attached hydrogen (secondary N) is 1. The number of halogens is 3. The Morgan fingerprint density at radius 3 is 2.51 bits per heavy atom. The summed E-state index contributed by atoms with van der Waals surface area (Å²) >= 11 is 0. The van der Waals surface area contributed by atoms with Gasteiger partial charge in [-0.3, -0.25) is 9.78 Å². The first-order chi connectivity index (χ1) is 16.7. The number of nitrogens with zero attached hydrogens (tertiary/aromatic N) is 3. The number of alkyl halides is 3. The summed E-state index contributed by atoms with van der Waals surface area (Å²) in [4.78, 5) is 25.3. The lowest BCUT2D eigenvalue weighted by Crippen LogP contribution is -2.15. The van der Waals surface area contributed by atoms with Gasteiger partial charge in [-0.1, -0.05) is 26.0 Å². The molecule has 0 saturated carbocycles. The second-order valence-electron chi connectivity index (χ2n) is 8.37. The molecule has 2 aromatic carbocycles. The van der Waals surface area contributed by atoms with Crippen LogP contribution in [0.3, 0.4) is 0 Å². The summed E-state index contributed by atoms with van der Waals surface area (Å²) in [6, 6.07) is 15.9. The molecule has 0 radical (unpaired) electrons. The van der Waals surface area contributed by atoms with Gasteiger partial charge in [-0.25, -0.2) is 9.97 Å². The molecular formula is C27H23F3N4O. The topological polar surface area (TPSA) is 67.8 Å². The smallest absolute Gasteiger partial charge is 0.322 e. The number of anilines is 1. The van der Waals surface area contributed by atoms with Crippen molar-refractivity contribution in [3.8, 4) is 11.3 Å². The Labute approximate surface area is 201 Å². The molecule has 4 rings (SSSR count). The van der Waals surface area contributed by atoms with E-state index in [-0.39, 0.29) is 23.5 Å². The Morgan fingerprint density at radius 1 is 0.971 bits per heavy atom. The van der Waals surface area contributed by atoms with Crippen LogP contribution in [0.5, 0.6) is 0 Å². The molecule has 0 atom stereocenters. The molecule has 0 bridgehead atoms. The number of hydrogen-bond donors (Lipinski definition) is 1. The van der Waals surface area contributed by atoms with Gasteiger partial charge in [0.05, 0.1) is 17.0 Å². The summed E-state index contributed by atoms with van der Waals surface area (Å²) in [5.41, 5.74) is 2.47. The summed E-state index contributed by atoms with van der Waals surface area (Å²) in [6.45, 7) is 4.08. The lowest BCUT2D eigenvalue weighted by Gasteiger charge is -2.16. The Hall–Kier alpha value is -4.07. The molecule has 2 aromatic heterocycles. The second-order valence-corrected chi connectivity index (χ2v) is 8.37. The second kappa shape index (κ2) is 10.0. The summed E-state index contributed by atoms with van der Waals surface area (Å²) < 4.78 is 41.5. The van der Waals surface area contributed by atoms with E-state index in [9.17, 15) is 18.0 Å². The lowest BCUT2D eigenvalue weighted by molar-refractivity contribution is -0.138. The molecule has 0 aliphatic rings. The molecule has 178 valence electrons. The number of amides is 1. The van der Waals surface area contributed by atoms with E-state index in [1.807, 2.05) is 32.0 Å². The Balaban J connectivity index is 1.69. The standard InChI is InChI=1S/C27H23F3N4O/c1-17(2)18-5-3-6-21(14-18)34-26(35)19-8-9-23(27(28,29)30)20(13-19)15-25-22(7-4-11-32-25)24-10-12-31-16-33-24/h3-14,16-17H,15H2,1-2H3,(H,34,35). The monoisotopic (exact) mass is 476 g/mol. The third-order valence-corrected chi connectivity index (χ3v) is 5.59. The van der Waals surface area contributed by atoms with Gasteiger partial charge in [-0.15, -0.1) is 0 Å². The van der Waals surface area contributed by atoms with Crippen molar-refractivity contribution >= 4 is 11.6 Å². The van der Waals surface area contributed by atoms with Crippen LogP contribution in [0.15, 0.2) is 79.4 Å². The minimum atomic E-state index is -4.58. The van der Waals surface area contributed by atoms with Crippen LogP contribution in [0.4, 0.5) is 18.9 Å². The minimum Gasteiger partial charge on any atom is -0.322 e. The van der Waals surface area contributed by atoms with E-state index in [0.717, 1.165) is 11.6 Å². The van der Waals surface area contributed by atoms with Crippen LogP contribution in [0.25, 0.3) is 11.3 Å². The normalized spacial score (nSPS) is 11.5. The van der Waals surface area contributed by atoms with E-state index in [1.165, 1.54) is 24.7 Å². The van der Waals surface area contributed by atoms with Crippen molar-refractivity contribution in [1.29, 1.82) is 0 Å². The number of carbonyl (C=O) groups is 1. The number of pyridine rings is 1. The summed E-state index contributed by atoms with van der Waals surface area (Å²) in [7, 11) is 0. The van der Waals surface area contributed by atoms with Crippen molar-refractivity contribution < 1.29 is 18.0 Å². The van der Waals surface area contributed by atoms with Gasteiger partial charge in [0.25, 0.3) is 5.91 Å². The van der Waals surface area contributed by atoms with E-state index in [1.54, 1.807) is 30.5 Å². The van der Waals surface area contributed by atoms with Crippen LogP contribution in [0, 0.1) is 0 Å². The average Bonchev–Trinajstić information content (AvgIpc) is 2.84. The molecule has 8 heteroatoms. The first kappa shape index (κ1) is 24.1. The molecule has 0 fully saturated rings. The lowest BCUT2D eigenvalue weighted by atomic mass is 9.96. The highest BCUT2D eigenvalue weighted by atomic mass is 19.4. The molecule has 0 aliphatic heterocycles. The maximum Gasteiger partial charge on any atom is 0.416 e. The van der Waals surface area contributed by atoms with Crippen molar-refractivity contribution in [3.63, 3.8) is 0 Å². The Bertz CT molecular complexity index is 1340. The highest BCUT2D eigenvalue weighted by molar-refractivity contribution is 6.04. The minimum absolute atomic E-state index is 0.0462. The fraction of sp³-hybridized carbons (Fsp3) is 0.185. The Morgan fingerprint density at radius 2 is 1.80 bits per heavy atom. The highest BCUT2D eigenvalue weighted by Crippen LogP contribution is 2.34. The van der Waals surface area contributed by atoms with Gasteiger partial charge >= 0.3 is 6.18 Å². The maximum atomic E-state index is 13.8. The fourth-order valence-corrected chi connectivity index (χ4v) is 3.78. The molecule has 4 aromatic rings. The van der Waals surface area contributed by atoms with Crippen molar-refractivity contribution in [2.75, 3.05) is 5.32 Å². The fourth-order valence-electron chi connectivity index (χ4n) is 3.78. The average molecular weight is 477 g/mol. The number of benzene rings is 2.